The Hall–Kier alpha value is -3.12. The quantitative estimate of drug-likeness (QED) is 0.782. The molecule has 0 bridgehead atoms. The van der Waals surface area contributed by atoms with Gasteiger partial charge in [0.25, 0.3) is 11.8 Å². The molecule has 29 heavy (non-hydrogen) atoms. The van der Waals surface area contributed by atoms with E-state index in [0.717, 1.165) is 44.8 Å². The van der Waals surface area contributed by atoms with Crippen LogP contribution in [0.1, 0.15) is 38.7 Å². The molecule has 0 spiro atoms. The summed E-state index contributed by atoms with van der Waals surface area (Å²) in [6.07, 6.45) is 3.30. The molecule has 2 amide bonds. The van der Waals surface area contributed by atoms with Crippen LogP contribution in [0, 0.1) is 17.2 Å². The van der Waals surface area contributed by atoms with Gasteiger partial charge in [-0.25, -0.2) is 0 Å². The van der Waals surface area contributed by atoms with Gasteiger partial charge in [0.1, 0.15) is 17.5 Å². The van der Waals surface area contributed by atoms with Gasteiger partial charge in [-0.05, 0) is 37.9 Å². The van der Waals surface area contributed by atoms with Crippen molar-refractivity contribution in [1.82, 2.24) is 29.9 Å². The lowest BCUT2D eigenvalue weighted by Crippen LogP contribution is -2.47. The predicted molar refractivity (Wildman–Crippen MR) is 105 cm³/mol. The van der Waals surface area contributed by atoms with E-state index in [1.54, 1.807) is 18.3 Å². The number of carbonyl (C=O) groups is 2. The third-order valence-electron chi connectivity index (χ3n) is 5.80. The van der Waals surface area contributed by atoms with Crippen LogP contribution in [-0.2, 0) is 13.0 Å². The Morgan fingerprint density at radius 2 is 2.07 bits per heavy atom. The topological polar surface area (TPSA) is 110 Å². The van der Waals surface area contributed by atoms with Crippen molar-refractivity contribution < 1.29 is 9.59 Å². The second-order valence-corrected chi connectivity index (χ2v) is 7.79. The number of nitrogens with zero attached hydrogens (tertiary/aromatic N) is 5. The summed E-state index contributed by atoms with van der Waals surface area (Å²) in [6.45, 7) is 4.51. The van der Waals surface area contributed by atoms with Crippen LogP contribution in [-0.4, -0.2) is 76.2 Å². The van der Waals surface area contributed by atoms with Gasteiger partial charge in [0.15, 0.2) is 0 Å². The number of aryl methyl sites for hydroxylation is 1. The van der Waals surface area contributed by atoms with E-state index < -0.39 is 0 Å². The number of aromatic nitrogens is 3. The number of nitriles is 1. The van der Waals surface area contributed by atoms with Crippen LogP contribution in [0.4, 0.5) is 0 Å². The third-order valence-corrected chi connectivity index (χ3v) is 5.80. The zero-order valence-corrected chi connectivity index (χ0v) is 16.5. The summed E-state index contributed by atoms with van der Waals surface area (Å²) in [5.74, 6) is 0.0753. The fraction of sp³-hybridized carbons (Fsp3) is 0.500. The summed E-state index contributed by atoms with van der Waals surface area (Å²) in [5.41, 5.74) is 2.40. The van der Waals surface area contributed by atoms with E-state index in [-0.39, 0.29) is 17.7 Å². The molecule has 2 aliphatic rings. The Morgan fingerprint density at radius 1 is 1.28 bits per heavy atom. The van der Waals surface area contributed by atoms with Crippen molar-refractivity contribution in [3.8, 4) is 6.07 Å². The second kappa shape index (κ2) is 8.09. The summed E-state index contributed by atoms with van der Waals surface area (Å²) in [7, 11) is 2.07. The Kier molecular flexibility index (Phi) is 5.36. The third kappa shape index (κ3) is 4.03. The molecule has 4 heterocycles. The molecule has 0 aromatic carbocycles. The molecule has 1 saturated heterocycles. The number of hydrogen-bond donors (Lipinski definition) is 2. The van der Waals surface area contributed by atoms with Crippen LogP contribution >= 0.6 is 0 Å². The molecule has 9 nitrogen and oxygen atoms in total. The Balaban J connectivity index is 1.38. The van der Waals surface area contributed by atoms with E-state index in [1.807, 2.05) is 15.7 Å². The zero-order chi connectivity index (χ0) is 20.4. The molecule has 1 atom stereocenters. The molecule has 2 aliphatic heterocycles. The number of hydrogen-bond acceptors (Lipinski definition) is 5. The van der Waals surface area contributed by atoms with Crippen molar-refractivity contribution in [2.45, 2.75) is 19.4 Å². The molecule has 2 aromatic rings. The van der Waals surface area contributed by atoms with Crippen LogP contribution in [0.3, 0.4) is 0 Å². The summed E-state index contributed by atoms with van der Waals surface area (Å²) < 4.78 is 1.92. The van der Waals surface area contributed by atoms with Gasteiger partial charge >= 0.3 is 0 Å². The monoisotopic (exact) mass is 395 g/mol. The molecule has 0 aliphatic carbocycles. The number of fused-ring (bicyclic) bond motifs is 1. The SMILES string of the molecule is CN1CCN(C(=O)c2cnn3c2C[C@@H](CNC(=O)c2ccc(C#N)[nH]2)CC3)CC1. The molecule has 2 N–H and O–H groups in total. The number of rotatable bonds is 4. The molecule has 1 fully saturated rings. The summed E-state index contributed by atoms with van der Waals surface area (Å²) >= 11 is 0. The Morgan fingerprint density at radius 3 is 2.79 bits per heavy atom. The average molecular weight is 395 g/mol. The number of aromatic amines is 1. The number of nitrogens with one attached hydrogen (secondary N) is 2. The minimum atomic E-state index is -0.223. The van der Waals surface area contributed by atoms with Gasteiger partial charge in [-0.3, -0.25) is 14.3 Å². The summed E-state index contributed by atoms with van der Waals surface area (Å²) in [5, 5.41) is 16.2. The van der Waals surface area contributed by atoms with Crippen LogP contribution in [0.25, 0.3) is 0 Å². The van der Waals surface area contributed by atoms with E-state index in [9.17, 15) is 9.59 Å². The summed E-state index contributed by atoms with van der Waals surface area (Å²) in [6, 6.07) is 5.17. The lowest BCUT2D eigenvalue weighted by molar-refractivity contribution is 0.0661. The highest BCUT2D eigenvalue weighted by Crippen LogP contribution is 2.24. The van der Waals surface area contributed by atoms with Crippen molar-refractivity contribution in [1.29, 1.82) is 5.26 Å². The van der Waals surface area contributed by atoms with E-state index in [0.29, 0.717) is 29.9 Å². The van der Waals surface area contributed by atoms with Crippen molar-refractivity contribution >= 4 is 11.8 Å². The van der Waals surface area contributed by atoms with Gasteiger partial charge in [0.05, 0.1) is 17.5 Å². The number of likely N-dealkylation sites (N-methyl/N-ethyl adjacent to an activating group) is 1. The minimum absolute atomic E-state index is 0.0551. The largest absolute Gasteiger partial charge is 0.350 e. The lowest BCUT2D eigenvalue weighted by Gasteiger charge is -2.32. The minimum Gasteiger partial charge on any atom is -0.350 e. The van der Waals surface area contributed by atoms with Gasteiger partial charge in [-0.15, -0.1) is 0 Å². The van der Waals surface area contributed by atoms with Gasteiger partial charge < -0.3 is 20.1 Å². The number of carbonyl (C=O) groups excluding carboxylic acids is 2. The highest BCUT2D eigenvalue weighted by Gasteiger charge is 2.29. The van der Waals surface area contributed by atoms with E-state index in [1.165, 1.54) is 0 Å². The van der Waals surface area contributed by atoms with Crippen LogP contribution in [0.2, 0.25) is 0 Å². The standard InChI is InChI=1S/C20H25N7O2/c1-25-6-8-26(9-7-25)20(29)16-13-23-27-5-4-14(10-18(16)27)12-22-19(28)17-3-2-15(11-21)24-17/h2-3,13-14,24H,4-10,12H2,1H3,(H,22,28)/t14-/m0/s1. The molecular weight excluding hydrogens is 370 g/mol. The molecule has 4 rings (SSSR count). The van der Waals surface area contributed by atoms with E-state index in [4.69, 9.17) is 5.26 Å². The molecule has 0 unspecified atom stereocenters. The normalized spacial score (nSPS) is 19.4. The van der Waals surface area contributed by atoms with Gasteiger partial charge in [0, 0.05) is 39.3 Å². The number of H-pyrrole nitrogens is 1. The van der Waals surface area contributed by atoms with Gasteiger partial charge in [-0.2, -0.15) is 10.4 Å². The highest BCUT2D eigenvalue weighted by atomic mass is 16.2. The molecule has 0 radical (unpaired) electrons. The second-order valence-electron chi connectivity index (χ2n) is 7.79. The molecular formula is C20H25N7O2. The maximum atomic E-state index is 13.0. The molecule has 9 heteroatoms. The van der Waals surface area contributed by atoms with Gasteiger partial charge in [0.2, 0.25) is 0 Å². The Labute approximate surface area is 169 Å². The fourth-order valence-electron chi connectivity index (χ4n) is 3.96. The highest BCUT2D eigenvalue weighted by molar-refractivity contribution is 5.95. The van der Waals surface area contributed by atoms with Crippen LogP contribution in [0.5, 0.6) is 0 Å². The first-order chi connectivity index (χ1) is 14.0. The van der Waals surface area contributed by atoms with Crippen molar-refractivity contribution in [2.24, 2.45) is 5.92 Å². The number of amides is 2. The Bertz CT molecular complexity index is 946. The zero-order valence-electron chi connectivity index (χ0n) is 16.5. The first-order valence-electron chi connectivity index (χ1n) is 9.95. The summed E-state index contributed by atoms with van der Waals surface area (Å²) in [4.78, 5) is 32.2. The lowest BCUT2D eigenvalue weighted by atomic mass is 9.94. The first kappa shape index (κ1) is 19.2. The smallest absolute Gasteiger partial charge is 0.267 e. The first-order valence-corrected chi connectivity index (χ1v) is 9.95. The van der Waals surface area contributed by atoms with Crippen LogP contribution in [0.15, 0.2) is 18.3 Å². The van der Waals surface area contributed by atoms with Crippen molar-refractivity contribution in [3.05, 3.63) is 41.0 Å². The maximum Gasteiger partial charge on any atom is 0.267 e. The predicted octanol–water partition coefficient (Wildman–Crippen LogP) is 0.463. The average Bonchev–Trinajstić information content (AvgIpc) is 3.39. The van der Waals surface area contributed by atoms with Gasteiger partial charge in [-0.1, -0.05) is 0 Å². The molecule has 2 aromatic heterocycles. The fourth-order valence-corrected chi connectivity index (χ4v) is 3.96. The maximum absolute atomic E-state index is 13.0. The van der Waals surface area contributed by atoms with Crippen LogP contribution < -0.4 is 5.32 Å². The van der Waals surface area contributed by atoms with E-state index in [2.05, 4.69) is 27.3 Å². The van der Waals surface area contributed by atoms with Crippen molar-refractivity contribution in [2.75, 3.05) is 39.8 Å². The van der Waals surface area contributed by atoms with E-state index >= 15 is 0 Å². The number of piperazine rings is 1. The molecule has 0 saturated carbocycles. The molecule has 152 valence electrons. The van der Waals surface area contributed by atoms with Crippen molar-refractivity contribution in [3.63, 3.8) is 0 Å².